The van der Waals surface area contributed by atoms with E-state index in [9.17, 15) is 0 Å². The molecule has 2 heterocycles. The van der Waals surface area contributed by atoms with Gasteiger partial charge in [0, 0.05) is 18.9 Å². The molecule has 0 amide bonds. The van der Waals surface area contributed by atoms with Gasteiger partial charge < -0.3 is 9.72 Å². The molecule has 106 valence electrons. The Morgan fingerprint density at radius 2 is 2.24 bits per heavy atom. The SMILES string of the molecule is Cc1ccc(C2CC2)cc1CNc1nccn2cncc12. The van der Waals surface area contributed by atoms with Gasteiger partial charge in [-0.05, 0) is 42.4 Å². The monoisotopic (exact) mass is 278 g/mol. The zero-order chi connectivity index (χ0) is 14.2. The Hall–Kier alpha value is -2.36. The molecule has 4 nitrogen and oxygen atoms in total. The molecule has 0 radical (unpaired) electrons. The third-order valence-electron chi connectivity index (χ3n) is 4.21. The van der Waals surface area contributed by atoms with Gasteiger partial charge in [0.25, 0.3) is 0 Å². The van der Waals surface area contributed by atoms with Crippen molar-refractivity contribution in [2.75, 3.05) is 5.32 Å². The van der Waals surface area contributed by atoms with E-state index in [0.29, 0.717) is 0 Å². The summed E-state index contributed by atoms with van der Waals surface area (Å²) < 4.78 is 1.98. The second kappa shape index (κ2) is 4.88. The molecule has 0 unspecified atom stereocenters. The summed E-state index contributed by atoms with van der Waals surface area (Å²) in [6.07, 6.45) is 10.0. The van der Waals surface area contributed by atoms with Crippen molar-refractivity contribution in [1.82, 2.24) is 14.4 Å². The van der Waals surface area contributed by atoms with Crippen molar-refractivity contribution in [2.45, 2.75) is 32.2 Å². The van der Waals surface area contributed by atoms with Gasteiger partial charge in [-0.3, -0.25) is 0 Å². The van der Waals surface area contributed by atoms with E-state index < -0.39 is 0 Å². The average molecular weight is 278 g/mol. The van der Waals surface area contributed by atoms with Crippen LogP contribution in [-0.4, -0.2) is 14.4 Å². The number of aryl methyl sites for hydroxylation is 1. The molecule has 1 saturated carbocycles. The summed E-state index contributed by atoms with van der Waals surface area (Å²) in [6.45, 7) is 2.96. The van der Waals surface area contributed by atoms with E-state index in [4.69, 9.17) is 0 Å². The zero-order valence-corrected chi connectivity index (χ0v) is 12.1. The number of benzene rings is 1. The molecule has 21 heavy (non-hydrogen) atoms. The summed E-state index contributed by atoms with van der Waals surface area (Å²) in [7, 11) is 0. The summed E-state index contributed by atoms with van der Waals surface area (Å²) in [5.41, 5.74) is 5.16. The molecule has 4 rings (SSSR count). The average Bonchev–Trinajstić information content (AvgIpc) is 3.23. The predicted molar refractivity (Wildman–Crippen MR) is 83.5 cm³/mol. The molecule has 1 fully saturated rings. The molecule has 1 aromatic carbocycles. The fraction of sp³-hybridized carbons (Fsp3) is 0.294. The summed E-state index contributed by atoms with van der Waals surface area (Å²) >= 11 is 0. The number of nitrogens with zero attached hydrogens (tertiary/aromatic N) is 3. The Morgan fingerprint density at radius 3 is 3.10 bits per heavy atom. The molecule has 0 aliphatic heterocycles. The van der Waals surface area contributed by atoms with Crippen LogP contribution in [0.3, 0.4) is 0 Å². The topological polar surface area (TPSA) is 42.2 Å². The van der Waals surface area contributed by atoms with Gasteiger partial charge in [0.15, 0.2) is 5.82 Å². The van der Waals surface area contributed by atoms with Gasteiger partial charge in [-0.25, -0.2) is 9.97 Å². The van der Waals surface area contributed by atoms with Crippen LogP contribution in [0.15, 0.2) is 43.1 Å². The molecular formula is C17H18N4. The Bertz CT molecular complexity index is 786. The Morgan fingerprint density at radius 1 is 1.33 bits per heavy atom. The molecule has 1 aliphatic rings. The van der Waals surface area contributed by atoms with Gasteiger partial charge in [0.1, 0.15) is 5.52 Å². The number of aromatic nitrogens is 3. The van der Waals surface area contributed by atoms with Crippen LogP contribution in [0.25, 0.3) is 5.52 Å². The molecule has 4 heteroatoms. The summed E-state index contributed by atoms with van der Waals surface area (Å²) in [5, 5.41) is 3.45. The van der Waals surface area contributed by atoms with Gasteiger partial charge in [-0.2, -0.15) is 0 Å². The van der Waals surface area contributed by atoms with Crippen LogP contribution in [0.4, 0.5) is 5.82 Å². The maximum atomic E-state index is 4.42. The maximum Gasteiger partial charge on any atom is 0.152 e. The third-order valence-corrected chi connectivity index (χ3v) is 4.21. The molecule has 0 saturated heterocycles. The first-order valence-corrected chi connectivity index (χ1v) is 7.41. The van der Waals surface area contributed by atoms with Crippen molar-refractivity contribution in [3.05, 3.63) is 59.8 Å². The first-order chi connectivity index (χ1) is 10.3. The van der Waals surface area contributed by atoms with Crippen LogP contribution in [0.2, 0.25) is 0 Å². The minimum Gasteiger partial charge on any atom is -0.364 e. The molecular weight excluding hydrogens is 260 g/mol. The zero-order valence-electron chi connectivity index (χ0n) is 12.1. The highest BCUT2D eigenvalue weighted by Crippen LogP contribution is 2.40. The van der Waals surface area contributed by atoms with Crippen molar-refractivity contribution < 1.29 is 0 Å². The Labute approximate surface area is 123 Å². The van der Waals surface area contributed by atoms with E-state index in [1.54, 1.807) is 12.5 Å². The largest absolute Gasteiger partial charge is 0.364 e. The summed E-state index contributed by atoms with van der Waals surface area (Å²) in [6, 6.07) is 6.85. The normalized spacial score (nSPS) is 14.5. The number of rotatable bonds is 4. The van der Waals surface area contributed by atoms with E-state index in [1.165, 1.54) is 29.5 Å². The molecule has 1 N–H and O–H groups in total. The quantitative estimate of drug-likeness (QED) is 0.794. The van der Waals surface area contributed by atoms with E-state index in [1.807, 2.05) is 16.8 Å². The van der Waals surface area contributed by atoms with Crippen molar-refractivity contribution >= 4 is 11.3 Å². The van der Waals surface area contributed by atoms with Crippen LogP contribution in [0.1, 0.15) is 35.4 Å². The van der Waals surface area contributed by atoms with Crippen molar-refractivity contribution in [3.8, 4) is 0 Å². The van der Waals surface area contributed by atoms with Crippen LogP contribution in [0.5, 0.6) is 0 Å². The van der Waals surface area contributed by atoms with E-state index in [0.717, 1.165) is 23.8 Å². The molecule has 0 bridgehead atoms. The number of fused-ring (bicyclic) bond motifs is 1. The highest BCUT2D eigenvalue weighted by molar-refractivity contribution is 5.66. The van der Waals surface area contributed by atoms with Gasteiger partial charge in [0.05, 0.1) is 12.5 Å². The highest BCUT2D eigenvalue weighted by atomic mass is 15.1. The Balaban J connectivity index is 1.59. The van der Waals surface area contributed by atoms with Crippen LogP contribution in [-0.2, 0) is 6.54 Å². The smallest absolute Gasteiger partial charge is 0.152 e. The lowest BCUT2D eigenvalue weighted by Crippen LogP contribution is -2.05. The lowest BCUT2D eigenvalue weighted by molar-refractivity contribution is 1.04. The van der Waals surface area contributed by atoms with Crippen molar-refractivity contribution in [3.63, 3.8) is 0 Å². The minimum absolute atomic E-state index is 0.792. The predicted octanol–water partition coefficient (Wildman–Crippen LogP) is 3.53. The molecule has 1 aliphatic carbocycles. The second-order valence-corrected chi connectivity index (χ2v) is 5.78. The maximum absolute atomic E-state index is 4.42. The third kappa shape index (κ3) is 2.37. The lowest BCUT2D eigenvalue weighted by Gasteiger charge is -2.11. The van der Waals surface area contributed by atoms with Gasteiger partial charge in [-0.1, -0.05) is 18.2 Å². The van der Waals surface area contributed by atoms with E-state index >= 15 is 0 Å². The van der Waals surface area contributed by atoms with Gasteiger partial charge in [0.2, 0.25) is 0 Å². The van der Waals surface area contributed by atoms with Crippen LogP contribution >= 0.6 is 0 Å². The second-order valence-electron chi connectivity index (χ2n) is 5.78. The minimum atomic E-state index is 0.792. The first kappa shape index (κ1) is 12.4. The molecule has 2 aromatic heterocycles. The number of imidazole rings is 1. The Kier molecular flexibility index (Phi) is 2.88. The van der Waals surface area contributed by atoms with Crippen molar-refractivity contribution in [1.29, 1.82) is 0 Å². The number of anilines is 1. The standard InChI is InChI=1S/C17H18N4/c1-12-2-3-14(13-4-5-13)8-15(12)9-20-17-16-10-18-11-21(16)7-6-19-17/h2-3,6-8,10-11,13H,4-5,9H2,1H3,(H,19,20). The van der Waals surface area contributed by atoms with E-state index in [-0.39, 0.29) is 0 Å². The number of hydrogen-bond donors (Lipinski definition) is 1. The first-order valence-electron chi connectivity index (χ1n) is 7.41. The van der Waals surface area contributed by atoms with Crippen LogP contribution < -0.4 is 5.32 Å². The highest BCUT2D eigenvalue weighted by Gasteiger charge is 2.23. The molecule has 0 spiro atoms. The number of hydrogen-bond acceptors (Lipinski definition) is 3. The van der Waals surface area contributed by atoms with E-state index in [2.05, 4.69) is 40.4 Å². The number of nitrogens with one attached hydrogen (secondary N) is 1. The fourth-order valence-electron chi connectivity index (χ4n) is 2.72. The van der Waals surface area contributed by atoms with Gasteiger partial charge >= 0.3 is 0 Å². The molecule has 3 aromatic rings. The summed E-state index contributed by atoms with van der Waals surface area (Å²) in [4.78, 5) is 8.58. The van der Waals surface area contributed by atoms with Gasteiger partial charge in [-0.15, -0.1) is 0 Å². The lowest BCUT2D eigenvalue weighted by atomic mass is 10.0. The summed E-state index contributed by atoms with van der Waals surface area (Å²) in [5.74, 6) is 1.67. The van der Waals surface area contributed by atoms with Crippen molar-refractivity contribution in [2.24, 2.45) is 0 Å². The van der Waals surface area contributed by atoms with Crippen LogP contribution in [0, 0.1) is 6.92 Å². The fourth-order valence-corrected chi connectivity index (χ4v) is 2.72. The molecule has 0 atom stereocenters.